The first-order valence-corrected chi connectivity index (χ1v) is 21.5. The Morgan fingerprint density at radius 3 is 2.51 bits per heavy atom. The molecule has 0 bridgehead atoms. The predicted molar refractivity (Wildman–Crippen MR) is 225 cm³/mol. The van der Waals surface area contributed by atoms with Gasteiger partial charge in [-0.15, -0.1) is 0 Å². The van der Waals surface area contributed by atoms with Gasteiger partial charge >= 0.3 is 6.03 Å². The number of allylic oxidation sites excluding steroid dienone is 6. The number of anilines is 2. The molecule has 294 valence electrons. The van der Waals surface area contributed by atoms with Crippen LogP contribution in [-0.2, 0) is 25.7 Å². The third-order valence-corrected chi connectivity index (χ3v) is 12.2. The van der Waals surface area contributed by atoms with E-state index in [2.05, 4.69) is 127 Å². The number of carbonyl (C=O) groups excluding carboxylic acids is 2. The number of benzene rings is 3. The van der Waals surface area contributed by atoms with Gasteiger partial charge < -0.3 is 20.1 Å². The van der Waals surface area contributed by atoms with Gasteiger partial charge in [0.2, 0.25) is 11.6 Å². The maximum absolute atomic E-state index is 12.8. The fourth-order valence-electron chi connectivity index (χ4n) is 7.74. The molecule has 13 heteroatoms. The second-order valence-corrected chi connectivity index (χ2v) is 17.7. The Bertz CT molecular complexity index is 2160. The van der Waals surface area contributed by atoms with Crippen LogP contribution < -0.4 is 26.8 Å². The minimum absolute atomic E-state index is 0.0571. The Balaban J connectivity index is 1.30. The topological polar surface area (TPSA) is 160 Å². The lowest BCUT2D eigenvalue weighted by Crippen LogP contribution is -2.44. The molecule has 0 saturated carbocycles. The van der Waals surface area contributed by atoms with Crippen LogP contribution in [0.2, 0.25) is 0 Å². The highest BCUT2D eigenvalue weighted by molar-refractivity contribution is 7.99. The van der Waals surface area contributed by atoms with Crippen molar-refractivity contribution in [3.05, 3.63) is 102 Å². The zero-order chi connectivity index (χ0) is 40.0. The van der Waals surface area contributed by atoms with E-state index in [0.717, 1.165) is 46.3 Å². The SMILES string of the molecule is CCN1/C(=C/C=C/C=C/C2=[N+](CCCCS(=O)(=O)[O-])c3ccc4ccccc4c3C2(C)C)C(C)(C)c2cc(NC(=O)CSCCC(C)NC(=O)NN)ccc21. The quantitative estimate of drug-likeness (QED) is 0.0230. The maximum atomic E-state index is 12.8. The molecule has 5 rings (SSSR count). The molecule has 55 heavy (non-hydrogen) atoms. The number of unbranched alkanes of at least 4 members (excludes halogenated alkanes) is 1. The summed E-state index contributed by atoms with van der Waals surface area (Å²) in [5.74, 6) is 5.71. The van der Waals surface area contributed by atoms with Gasteiger partial charge in [0, 0.05) is 65.0 Å². The number of nitrogens with zero attached hydrogens (tertiary/aromatic N) is 2. The number of nitrogens with one attached hydrogen (secondary N) is 3. The van der Waals surface area contributed by atoms with E-state index in [0.29, 0.717) is 31.6 Å². The number of urea groups is 1. The van der Waals surface area contributed by atoms with Crippen molar-refractivity contribution in [3.63, 3.8) is 0 Å². The van der Waals surface area contributed by atoms with E-state index in [1.807, 2.05) is 25.1 Å². The van der Waals surface area contributed by atoms with Crippen LogP contribution in [-0.4, -0.2) is 71.6 Å². The number of hydrogen-bond donors (Lipinski definition) is 4. The van der Waals surface area contributed by atoms with Crippen LogP contribution in [0.5, 0.6) is 0 Å². The molecule has 0 aromatic heterocycles. The van der Waals surface area contributed by atoms with Gasteiger partial charge in [0.15, 0.2) is 5.71 Å². The number of hydrazine groups is 1. The summed E-state index contributed by atoms with van der Waals surface area (Å²) in [5.41, 5.74) is 9.05. The summed E-state index contributed by atoms with van der Waals surface area (Å²) in [6.45, 7) is 14.3. The minimum Gasteiger partial charge on any atom is -0.748 e. The third kappa shape index (κ3) is 9.69. The van der Waals surface area contributed by atoms with Gasteiger partial charge in [-0.1, -0.05) is 56.3 Å². The Morgan fingerprint density at radius 2 is 1.78 bits per heavy atom. The van der Waals surface area contributed by atoms with Crippen molar-refractivity contribution in [1.29, 1.82) is 0 Å². The average molecular weight is 787 g/mol. The molecule has 2 heterocycles. The normalized spacial score (nSPS) is 17.3. The first kappa shape index (κ1) is 41.7. The number of rotatable bonds is 16. The average Bonchev–Trinajstić information content (AvgIpc) is 3.49. The molecular weight excluding hydrogens is 733 g/mol. The standard InChI is InChI=1S/C42H54N6O5S2/c1-7-47-34-22-20-31(45-38(49)28-54-25-23-29(2)44-40(50)46-43)27-33(34)41(3,4)36(47)17-9-8-10-18-37-42(5,6)39-32-16-12-11-15-30(32)19-21-35(39)48(37)24-13-14-26-55(51,52)53/h8-12,15-22,27,29H,7,13-14,23-26,28,43H2,1-6H3,(H3-,44,45,46,49,50,51,52,53). The molecule has 0 saturated heterocycles. The molecule has 0 spiro atoms. The summed E-state index contributed by atoms with van der Waals surface area (Å²) >= 11 is 1.52. The lowest BCUT2D eigenvalue weighted by molar-refractivity contribution is -0.438. The number of thioether (sulfide) groups is 1. The molecule has 3 amide bonds. The summed E-state index contributed by atoms with van der Waals surface area (Å²) in [6.07, 6.45) is 12.1. The summed E-state index contributed by atoms with van der Waals surface area (Å²) in [7, 11) is -4.26. The molecular formula is C42H54N6O5S2. The predicted octanol–water partition coefficient (Wildman–Crippen LogP) is 6.98. The van der Waals surface area contributed by atoms with Gasteiger partial charge in [0.25, 0.3) is 0 Å². The molecule has 2 aliphatic rings. The van der Waals surface area contributed by atoms with Crippen LogP contribution in [0.15, 0.2) is 90.7 Å². The molecule has 11 nitrogen and oxygen atoms in total. The summed E-state index contributed by atoms with van der Waals surface area (Å²) < 4.78 is 36.1. The third-order valence-electron chi connectivity index (χ3n) is 10.4. The van der Waals surface area contributed by atoms with Crippen molar-refractivity contribution in [3.8, 4) is 0 Å². The molecule has 0 fully saturated rings. The van der Waals surface area contributed by atoms with Gasteiger partial charge in [-0.05, 0) is 93.0 Å². The first-order valence-electron chi connectivity index (χ1n) is 18.8. The number of fused-ring (bicyclic) bond motifs is 4. The van der Waals surface area contributed by atoms with Gasteiger partial charge in [0.1, 0.15) is 6.54 Å². The van der Waals surface area contributed by atoms with Crippen LogP contribution >= 0.6 is 11.8 Å². The summed E-state index contributed by atoms with van der Waals surface area (Å²) in [5, 5.41) is 8.15. The van der Waals surface area contributed by atoms with Gasteiger partial charge in [0.05, 0.1) is 21.3 Å². The van der Waals surface area contributed by atoms with Crippen molar-refractivity contribution in [2.24, 2.45) is 5.84 Å². The fourth-order valence-corrected chi connectivity index (χ4v) is 9.22. The summed E-state index contributed by atoms with van der Waals surface area (Å²) in [4.78, 5) is 26.5. The van der Waals surface area contributed by atoms with Crippen LogP contribution in [0.4, 0.5) is 21.9 Å². The van der Waals surface area contributed by atoms with E-state index in [4.69, 9.17) is 5.84 Å². The molecule has 0 aliphatic carbocycles. The molecule has 1 unspecified atom stereocenters. The molecule has 1 atom stereocenters. The lowest BCUT2D eigenvalue weighted by atomic mass is 9.79. The van der Waals surface area contributed by atoms with Gasteiger partial charge in [-0.2, -0.15) is 16.3 Å². The van der Waals surface area contributed by atoms with E-state index in [1.165, 1.54) is 28.1 Å². The van der Waals surface area contributed by atoms with Crippen LogP contribution in [0, 0.1) is 0 Å². The largest absolute Gasteiger partial charge is 0.748 e. The van der Waals surface area contributed by atoms with Crippen molar-refractivity contribution < 1.29 is 27.1 Å². The van der Waals surface area contributed by atoms with Crippen LogP contribution in [0.3, 0.4) is 0 Å². The zero-order valence-electron chi connectivity index (χ0n) is 32.6. The van der Waals surface area contributed by atoms with Gasteiger partial charge in [-0.25, -0.2) is 19.1 Å². The number of hydrogen-bond acceptors (Lipinski definition) is 8. The second-order valence-electron chi connectivity index (χ2n) is 15.1. The summed E-state index contributed by atoms with van der Waals surface area (Å²) in [6, 6.07) is 18.3. The van der Waals surface area contributed by atoms with Crippen molar-refractivity contribution in [1.82, 2.24) is 10.7 Å². The van der Waals surface area contributed by atoms with Crippen LogP contribution in [0.25, 0.3) is 10.8 Å². The van der Waals surface area contributed by atoms with Crippen molar-refractivity contribution in [2.45, 2.75) is 77.7 Å². The highest BCUT2D eigenvalue weighted by Crippen LogP contribution is 2.48. The lowest BCUT2D eigenvalue weighted by Gasteiger charge is -2.25. The zero-order valence-corrected chi connectivity index (χ0v) is 34.3. The molecule has 5 N–H and O–H groups in total. The van der Waals surface area contributed by atoms with Crippen molar-refractivity contribution in [2.75, 3.05) is 40.6 Å². The van der Waals surface area contributed by atoms with E-state index in [9.17, 15) is 22.6 Å². The minimum atomic E-state index is -4.26. The molecule has 3 aromatic rings. The van der Waals surface area contributed by atoms with E-state index >= 15 is 0 Å². The number of likely N-dealkylation sites (N-methyl/N-ethyl adjacent to an activating group) is 1. The highest BCUT2D eigenvalue weighted by Gasteiger charge is 2.45. The number of amides is 3. The molecule has 2 aliphatic heterocycles. The maximum Gasteiger partial charge on any atom is 0.329 e. The second kappa shape index (κ2) is 17.6. The number of carbonyl (C=O) groups is 2. The number of nitrogens with two attached hydrogens (primary N) is 1. The highest BCUT2D eigenvalue weighted by atomic mass is 32.2. The van der Waals surface area contributed by atoms with Crippen LogP contribution in [0.1, 0.15) is 71.9 Å². The van der Waals surface area contributed by atoms with E-state index in [-0.39, 0.29) is 28.5 Å². The van der Waals surface area contributed by atoms with E-state index < -0.39 is 16.1 Å². The van der Waals surface area contributed by atoms with Crippen molar-refractivity contribution >= 4 is 67.4 Å². The Hall–Kier alpha value is -4.43. The smallest absolute Gasteiger partial charge is 0.329 e. The van der Waals surface area contributed by atoms with E-state index in [1.54, 1.807) is 0 Å². The molecule has 3 aromatic carbocycles. The van der Waals surface area contributed by atoms with Gasteiger partial charge in [-0.3, -0.25) is 10.2 Å². The monoisotopic (exact) mass is 786 g/mol. The Morgan fingerprint density at radius 1 is 1.02 bits per heavy atom. The molecule has 0 radical (unpaired) electrons. The first-order chi connectivity index (χ1) is 26.1. The Labute approximate surface area is 329 Å². The fraction of sp³-hybridized carbons (Fsp3) is 0.405. The Kier molecular flexibility index (Phi) is 13.3.